The molecule has 0 aromatic rings. The van der Waals surface area contributed by atoms with Crippen molar-refractivity contribution in [1.82, 2.24) is 5.12 Å². The van der Waals surface area contributed by atoms with Gasteiger partial charge in [0.25, 0.3) is 0 Å². The Morgan fingerprint density at radius 2 is 2.57 bits per heavy atom. The first-order valence-electron chi connectivity index (χ1n) is 1.76. The van der Waals surface area contributed by atoms with E-state index in [0.29, 0.717) is 11.5 Å². The average Bonchev–Trinajstić information content (AvgIpc) is 1.87. The molecule has 1 aliphatic rings. The fourth-order valence-electron chi connectivity index (χ4n) is 0.309. The molecular weight excluding hydrogens is 112 g/mol. The van der Waals surface area contributed by atoms with Crippen molar-refractivity contribution in [2.75, 3.05) is 6.54 Å². The Kier molecular flexibility index (Phi) is 0.994. The van der Waals surface area contributed by atoms with E-state index in [9.17, 15) is 0 Å². The lowest BCUT2D eigenvalue weighted by molar-refractivity contribution is 0.346. The van der Waals surface area contributed by atoms with E-state index < -0.39 is 0 Å². The molecule has 38 valence electrons. The number of hydrogen-bond donors (Lipinski definition) is 1. The van der Waals surface area contributed by atoms with E-state index in [1.54, 1.807) is 0 Å². The zero-order valence-corrected chi connectivity index (χ0v) is 4.35. The Labute approximate surface area is 45.9 Å². The number of thiocarbonyl (C=S) groups is 1. The first-order valence-corrected chi connectivity index (χ1v) is 2.16. The second-order valence-corrected chi connectivity index (χ2v) is 1.65. The van der Waals surface area contributed by atoms with Crippen molar-refractivity contribution < 1.29 is 0 Å². The van der Waals surface area contributed by atoms with Crippen molar-refractivity contribution >= 4 is 17.2 Å². The van der Waals surface area contributed by atoms with E-state index in [-0.39, 0.29) is 0 Å². The van der Waals surface area contributed by atoms with Gasteiger partial charge in [-0.3, -0.25) is 0 Å². The molecule has 0 spiro atoms. The van der Waals surface area contributed by atoms with Crippen LogP contribution in [0.5, 0.6) is 0 Å². The van der Waals surface area contributed by atoms with E-state index in [2.05, 4.69) is 22.6 Å². The van der Waals surface area contributed by atoms with Crippen molar-refractivity contribution in [1.29, 1.82) is 0 Å². The lowest BCUT2D eigenvalue weighted by atomic mass is 10.7. The number of hydrogen-bond acceptors (Lipinski definition) is 4. The highest BCUT2D eigenvalue weighted by molar-refractivity contribution is 7.80. The largest absolute Gasteiger partial charge is 0.229 e. The second-order valence-electron chi connectivity index (χ2n) is 1.18. The minimum Gasteiger partial charge on any atom is -0.229 e. The molecule has 0 aliphatic carbocycles. The highest BCUT2D eigenvalue weighted by Crippen LogP contribution is 1.95. The molecule has 0 saturated heterocycles. The van der Waals surface area contributed by atoms with Crippen LogP contribution >= 0.6 is 12.2 Å². The maximum Gasteiger partial charge on any atom is 0.150 e. The van der Waals surface area contributed by atoms with Crippen LogP contribution in [0.2, 0.25) is 0 Å². The lowest BCUT2D eigenvalue weighted by Crippen LogP contribution is -2.24. The first kappa shape index (κ1) is 4.61. The van der Waals surface area contributed by atoms with E-state index in [0.717, 1.165) is 0 Å². The summed E-state index contributed by atoms with van der Waals surface area (Å²) >= 11 is 4.61. The fourth-order valence-corrected chi connectivity index (χ4v) is 0.478. The van der Waals surface area contributed by atoms with Crippen LogP contribution in [0.1, 0.15) is 0 Å². The van der Waals surface area contributed by atoms with Crippen molar-refractivity contribution in [3.05, 3.63) is 0 Å². The first-order chi connectivity index (χ1) is 3.29. The monoisotopic (exact) mass is 116 g/mol. The molecule has 7 heavy (non-hydrogen) atoms. The summed E-state index contributed by atoms with van der Waals surface area (Å²) in [6, 6.07) is 0. The lowest BCUT2D eigenvalue weighted by Gasteiger charge is -1.96. The summed E-state index contributed by atoms with van der Waals surface area (Å²) in [6.45, 7) is 0.481. The molecule has 4 nitrogen and oxygen atoms in total. The van der Waals surface area contributed by atoms with Gasteiger partial charge in [0.2, 0.25) is 0 Å². The zero-order chi connectivity index (χ0) is 5.28. The van der Waals surface area contributed by atoms with Gasteiger partial charge in [-0.1, -0.05) is 17.4 Å². The summed E-state index contributed by atoms with van der Waals surface area (Å²) in [5.41, 5.74) is 0. The van der Waals surface area contributed by atoms with Crippen LogP contribution in [0, 0.1) is 0 Å². The van der Waals surface area contributed by atoms with E-state index in [1.807, 2.05) is 0 Å². The predicted octanol–water partition coefficient (Wildman–Crippen LogP) is -0.130. The molecule has 0 bridgehead atoms. The third kappa shape index (κ3) is 0.908. The Hall–Kier alpha value is -0.550. The molecule has 0 aromatic heterocycles. The minimum absolute atomic E-state index is 0.481. The molecular formula is C2H4N4S. The van der Waals surface area contributed by atoms with Crippen molar-refractivity contribution in [3.63, 3.8) is 0 Å². The predicted molar refractivity (Wildman–Crippen MR) is 28.3 cm³/mol. The van der Waals surface area contributed by atoms with Crippen molar-refractivity contribution in [2.24, 2.45) is 16.2 Å². The van der Waals surface area contributed by atoms with Gasteiger partial charge in [0.15, 0.2) is 4.99 Å². The van der Waals surface area contributed by atoms with E-state index in [4.69, 9.17) is 5.84 Å². The number of nitrogens with two attached hydrogens (primary N) is 1. The molecule has 0 unspecified atom stereocenters. The highest BCUT2D eigenvalue weighted by atomic mass is 32.1. The summed E-state index contributed by atoms with van der Waals surface area (Å²) in [6.07, 6.45) is 0. The Balaban J connectivity index is 2.58. The third-order valence-electron chi connectivity index (χ3n) is 0.568. The smallest absolute Gasteiger partial charge is 0.150 e. The maximum absolute atomic E-state index is 5.11. The van der Waals surface area contributed by atoms with Gasteiger partial charge < -0.3 is 0 Å². The number of hydrazine groups is 1. The third-order valence-corrected chi connectivity index (χ3v) is 0.779. The molecule has 5 heteroatoms. The van der Waals surface area contributed by atoms with Crippen LogP contribution in [-0.4, -0.2) is 16.7 Å². The fraction of sp³-hybridized carbons (Fsp3) is 0.500. The van der Waals surface area contributed by atoms with Gasteiger partial charge in [-0.15, -0.1) is 5.11 Å². The number of nitrogens with zero attached hydrogens (tertiary/aromatic N) is 3. The molecule has 0 saturated carbocycles. The quantitative estimate of drug-likeness (QED) is 0.354. The van der Waals surface area contributed by atoms with Gasteiger partial charge in [0.1, 0.15) is 6.54 Å². The average molecular weight is 116 g/mol. The number of rotatable bonds is 0. The Morgan fingerprint density at radius 3 is 2.71 bits per heavy atom. The highest BCUT2D eigenvalue weighted by Gasteiger charge is 2.05. The van der Waals surface area contributed by atoms with Crippen LogP contribution in [0.15, 0.2) is 10.3 Å². The van der Waals surface area contributed by atoms with Gasteiger partial charge in [-0.2, -0.15) is 0 Å². The summed E-state index contributed by atoms with van der Waals surface area (Å²) in [7, 11) is 0. The zero-order valence-electron chi connectivity index (χ0n) is 3.53. The minimum atomic E-state index is 0.481. The molecule has 0 aromatic carbocycles. The summed E-state index contributed by atoms with van der Waals surface area (Å²) < 4.78 is 0. The van der Waals surface area contributed by atoms with Crippen LogP contribution in [0.4, 0.5) is 0 Å². The Bertz CT molecular complexity index is 119. The summed E-state index contributed by atoms with van der Waals surface area (Å²) in [5, 5.41) is 8.08. The Morgan fingerprint density at radius 1 is 1.86 bits per heavy atom. The van der Waals surface area contributed by atoms with Crippen LogP contribution < -0.4 is 5.84 Å². The van der Waals surface area contributed by atoms with Gasteiger partial charge >= 0.3 is 0 Å². The molecule has 0 amide bonds. The topological polar surface area (TPSA) is 54.0 Å². The second kappa shape index (κ2) is 1.51. The SMILES string of the molecule is NN1CC(=S)N=N1. The molecule has 2 N–H and O–H groups in total. The molecule has 1 rings (SSSR count). The van der Waals surface area contributed by atoms with Gasteiger partial charge in [0, 0.05) is 0 Å². The normalized spacial score (nSPS) is 19.0. The molecule has 0 radical (unpaired) electrons. The van der Waals surface area contributed by atoms with Crippen LogP contribution in [0.3, 0.4) is 0 Å². The summed E-state index contributed by atoms with van der Waals surface area (Å²) in [5.74, 6) is 5.11. The van der Waals surface area contributed by atoms with E-state index in [1.165, 1.54) is 5.12 Å². The van der Waals surface area contributed by atoms with Gasteiger partial charge in [-0.25, -0.2) is 11.0 Å². The maximum atomic E-state index is 5.11. The standard InChI is InChI=1S/C2H4N4S/c3-6-1-2(7)4-5-6/h1,3H2. The van der Waals surface area contributed by atoms with E-state index >= 15 is 0 Å². The van der Waals surface area contributed by atoms with Crippen LogP contribution in [0.25, 0.3) is 0 Å². The molecule has 1 heterocycles. The molecule has 0 atom stereocenters. The van der Waals surface area contributed by atoms with Crippen molar-refractivity contribution in [3.8, 4) is 0 Å². The molecule has 1 aliphatic heterocycles. The van der Waals surface area contributed by atoms with Crippen molar-refractivity contribution in [2.45, 2.75) is 0 Å². The summed E-state index contributed by atoms with van der Waals surface area (Å²) in [4.78, 5) is 0.544. The van der Waals surface area contributed by atoms with Gasteiger partial charge in [-0.05, 0) is 0 Å². The van der Waals surface area contributed by atoms with Crippen LogP contribution in [-0.2, 0) is 0 Å². The van der Waals surface area contributed by atoms with Gasteiger partial charge in [0.05, 0.1) is 0 Å². The molecule has 0 fully saturated rings.